The fraction of sp³-hybridized carbons (Fsp3) is 0.375. The van der Waals surface area contributed by atoms with E-state index in [0.29, 0.717) is 0 Å². The number of aliphatic carboxylic acids is 1. The van der Waals surface area contributed by atoms with Gasteiger partial charge in [0.15, 0.2) is 0 Å². The molecule has 0 spiro atoms. The lowest BCUT2D eigenvalue weighted by atomic mass is 10.1. The lowest BCUT2D eigenvalue weighted by Crippen LogP contribution is -2.30. The first-order valence-corrected chi connectivity index (χ1v) is 7.21. The first-order chi connectivity index (χ1) is 10.2. The Morgan fingerprint density at radius 1 is 1.29 bits per heavy atom. The molecular weight excluding hydrogens is 266 g/mol. The van der Waals surface area contributed by atoms with Crippen molar-refractivity contribution in [3.63, 3.8) is 0 Å². The molecule has 2 aromatic rings. The van der Waals surface area contributed by atoms with Gasteiger partial charge >= 0.3 is 5.97 Å². The molecule has 0 radical (unpaired) electrons. The number of aromatic nitrogens is 2. The molecule has 1 aromatic carbocycles. The van der Waals surface area contributed by atoms with Gasteiger partial charge in [0.05, 0.1) is 18.3 Å². The highest BCUT2D eigenvalue weighted by molar-refractivity contribution is 5.67. The highest BCUT2D eigenvalue weighted by Crippen LogP contribution is 2.24. The zero-order chi connectivity index (χ0) is 15.2. The summed E-state index contributed by atoms with van der Waals surface area (Å²) in [6.07, 6.45) is 3.77. The molecule has 5 heteroatoms. The summed E-state index contributed by atoms with van der Waals surface area (Å²) in [6, 6.07) is 9.67. The van der Waals surface area contributed by atoms with Crippen LogP contribution in [0.5, 0.6) is 0 Å². The summed E-state index contributed by atoms with van der Waals surface area (Å²) >= 11 is 0. The molecule has 2 rings (SSSR count). The van der Waals surface area contributed by atoms with Crippen LogP contribution in [0, 0.1) is 0 Å². The SMILES string of the molecule is CCN(CC)C(CC(=O)O)c1cnn(-c2ccccc2)c1. The zero-order valence-corrected chi connectivity index (χ0v) is 12.4. The van der Waals surface area contributed by atoms with E-state index in [1.165, 1.54) is 0 Å². The van der Waals surface area contributed by atoms with Crippen molar-refractivity contribution in [1.29, 1.82) is 0 Å². The first-order valence-electron chi connectivity index (χ1n) is 7.21. The molecule has 0 bridgehead atoms. The minimum absolute atomic E-state index is 0.0855. The van der Waals surface area contributed by atoms with Crippen LogP contribution in [0.3, 0.4) is 0 Å². The molecule has 0 saturated carbocycles. The Bertz CT molecular complexity index is 576. The van der Waals surface area contributed by atoms with Crippen molar-refractivity contribution in [3.05, 3.63) is 48.3 Å². The Balaban J connectivity index is 2.29. The van der Waals surface area contributed by atoms with Crippen LogP contribution in [-0.2, 0) is 4.79 Å². The Hall–Kier alpha value is -2.14. The fourth-order valence-electron chi connectivity index (χ4n) is 2.52. The third-order valence-electron chi connectivity index (χ3n) is 3.63. The molecule has 1 heterocycles. The number of benzene rings is 1. The van der Waals surface area contributed by atoms with Crippen molar-refractivity contribution in [1.82, 2.24) is 14.7 Å². The number of hydrogen-bond donors (Lipinski definition) is 1. The highest BCUT2D eigenvalue weighted by atomic mass is 16.4. The molecule has 0 aliphatic rings. The molecule has 1 aromatic heterocycles. The van der Waals surface area contributed by atoms with Gasteiger partial charge in [0.2, 0.25) is 0 Å². The van der Waals surface area contributed by atoms with E-state index in [9.17, 15) is 4.79 Å². The molecule has 0 aliphatic carbocycles. The first kappa shape index (κ1) is 15.3. The van der Waals surface area contributed by atoms with Crippen molar-refractivity contribution < 1.29 is 9.90 Å². The minimum Gasteiger partial charge on any atom is -0.481 e. The molecule has 0 saturated heterocycles. The van der Waals surface area contributed by atoms with Gasteiger partial charge in [-0.2, -0.15) is 5.10 Å². The Kier molecular flexibility index (Phi) is 5.11. The molecule has 0 aliphatic heterocycles. The van der Waals surface area contributed by atoms with Crippen LogP contribution in [-0.4, -0.2) is 38.8 Å². The van der Waals surface area contributed by atoms with Gasteiger partial charge in [0.1, 0.15) is 0 Å². The number of nitrogens with zero attached hydrogens (tertiary/aromatic N) is 3. The Morgan fingerprint density at radius 2 is 1.95 bits per heavy atom. The van der Waals surface area contributed by atoms with E-state index < -0.39 is 5.97 Å². The molecule has 1 unspecified atom stereocenters. The largest absolute Gasteiger partial charge is 0.481 e. The summed E-state index contributed by atoms with van der Waals surface area (Å²) in [6.45, 7) is 5.70. The van der Waals surface area contributed by atoms with E-state index in [1.54, 1.807) is 10.9 Å². The maximum atomic E-state index is 11.1. The zero-order valence-electron chi connectivity index (χ0n) is 12.4. The average molecular weight is 287 g/mol. The second-order valence-corrected chi connectivity index (χ2v) is 4.89. The smallest absolute Gasteiger partial charge is 0.305 e. The van der Waals surface area contributed by atoms with Crippen LogP contribution in [0.25, 0.3) is 5.69 Å². The standard InChI is InChI=1S/C16H21N3O2/c1-3-18(4-2)15(10-16(20)21)13-11-17-19(12-13)14-8-6-5-7-9-14/h5-9,11-12,15H,3-4,10H2,1-2H3,(H,20,21). The number of rotatable bonds is 7. The third-order valence-corrected chi connectivity index (χ3v) is 3.63. The van der Waals surface area contributed by atoms with E-state index in [-0.39, 0.29) is 12.5 Å². The minimum atomic E-state index is -0.792. The van der Waals surface area contributed by atoms with Gasteiger partial charge < -0.3 is 5.11 Å². The van der Waals surface area contributed by atoms with Crippen LogP contribution < -0.4 is 0 Å². The van der Waals surface area contributed by atoms with Crippen molar-refractivity contribution >= 4 is 5.97 Å². The van der Waals surface area contributed by atoms with E-state index >= 15 is 0 Å². The number of para-hydroxylation sites is 1. The second kappa shape index (κ2) is 7.04. The molecule has 1 atom stereocenters. The predicted molar refractivity (Wildman–Crippen MR) is 81.5 cm³/mol. The normalized spacial score (nSPS) is 12.5. The Morgan fingerprint density at radius 3 is 2.52 bits per heavy atom. The summed E-state index contributed by atoms with van der Waals surface area (Å²) in [5.41, 5.74) is 1.90. The maximum absolute atomic E-state index is 11.1. The van der Waals surface area contributed by atoms with Gasteiger partial charge in [-0.3, -0.25) is 9.69 Å². The summed E-state index contributed by atoms with van der Waals surface area (Å²) in [5.74, 6) is -0.792. The molecule has 0 amide bonds. The predicted octanol–water partition coefficient (Wildman–Crippen LogP) is 2.73. The van der Waals surface area contributed by atoms with Crippen molar-refractivity contribution in [2.45, 2.75) is 26.3 Å². The summed E-state index contributed by atoms with van der Waals surface area (Å²) in [4.78, 5) is 13.3. The lowest BCUT2D eigenvalue weighted by Gasteiger charge is -2.27. The van der Waals surface area contributed by atoms with E-state index in [4.69, 9.17) is 5.11 Å². The van der Waals surface area contributed by atoms with Crippen LogP contribution in [0.1, 0.15) is 31.9 Å². The third kappa shape index (κ3) is 3.70. The van der Waals surface area contributed by atoms with Gasteiger partial charge in [-0.05, 0) is 25.2 Å². The van der Waals surface area contributed by atoms with Crippen molar-refractivity contribution in [2.24, 2.45) is 0 Å². The molecule has 5 nitrogen and oxygen atoms in total. The summed E-state index contributed by atoms with van der Waals surface area (Å²) in [5, 5.41) is 13.5. The van der Waals surface area contributed by atoms with Crippen LogP contribution in [0.2, 0.25) is 0 Å². The van der Waals surface area contributed by atoms with E-state index in [1.807, 2.05) is 50.4 Å². The van der Waals surface area contributed by atoms with Gasteiger partial charge in [-0.15, -0.1) is 0 Å². The van der Waals surface area contributed by atoms with Gasteiger partial charge in [0.25, 0.3) is 0 Å². The highest BCUT2D eigenvalue weighted by Gasteiger charge is 2.22. The number of carboxylic acids is 1. The van der Waals surface area contributed by atoms with E-state index in [2.05, 4.69) is 10.00 Å². The van der Waals surface area contributed by atoms with Crippen molar-refractivity contribution in [3.8, 4) is 5.69 Å². The lowest BCUT2D eigenvalue weighted by molar-refractivity contribution is -0.138. The van der Waals surface area contributed by atoms with Crippen LogP contribution in [0.15, 0.2) is 42.7 Å². The number of carbonyl (C=O) groups is 1. The summed E-state index contributed by atoms with van der Waals surface area (Å²) < 4.78 is 1.79. The number of hydrogen-bond acceptors (Lipinski definition) is 3. The summed E-state index contributed by atoms with van der Waals surface area (Å²) in [7, 11) is 0. The van der Waals surface area contributed by atoms with Gasteiger partial charge in [-0.25, -0.2) is 4.68 Å². The topological polar surface area (TPSA) is 58.4 Å². The van der Waals surface area contributed by atoms with Crippen LogP contribution in [0.4, 0.5) is 0 Å². The Labute approximate surface area is 124 Å². The van der Waals surface area contributed by atoms with Gasteiger partial charge in [0, 0.05) is 17.8 Å². The van der Waals surface area contributed by atoms with Crippen LogP contribution >= 0.6 is 0 Å². The monoisotopic (exact) mass is 287 g/mol. The second-order valence-electron chi connectivity index (χ2n) is 4.89. The van der Waals surface area contributed by atoms with Crippen molar-refractivity contribution in [2.75, 3.05) is 13.1 Å². The van der Waals surface area contributed by atoms with Gasteiger partial charge in [-0.1, -0.05) is 32.0 Å². The maximum Gasteiger partial charge on any atom is 0.305 e. The van der Waals surface area contributed by atoms with E-state index in [0.717, 1.165) is 24.3 Å². The molecule has 1 N–H and O–H groups in total. The number of carboxylic acid groups (broad SMARTS) is 1. The molecule has 112 valence electrons. The molecule has 21 heavy (non-hydrogen) atoms. The molecular formula is C16H21N3O2. The average Bonchev–Trinajstić information content (AvgIpc) is 2.97. The molecule has 0 fully saturated rings. The quantitative estimate of drug-likeness (QED) is 0.850. The fourth-order valence-corrected chi connectivity index (χ4v) is 2.52.